The number of aromatic nitrogens is 1. The van der Waals surface area contributed by atoms with E-state index in [0.29, 0.717) is 35.1 Å². The van der Waals surface area contributed by atoms with Crippen LogP contribution in [0.2, 0.25) is 0 Å². The van der Waals surface area contributed by atoms with Gasteiger partial charge in [0.2, 0.25) is 0 Å². The number of azo groups is 1. The number of aryl methyl sites for hydroxylation is 1. The van der Waals surface area contributed by atoms with Crippen LogP contribution in [0.3, 0.4) is 0 Å². The van der Waals surface area contributed by atoms with Gasteiger partial charge in [0.25, 0.3) is 0 Å². The fourth-order valence-corrected chi connectivity index (χ4v) is 2.91. The number of benzene rings is 1. The van der Waals surface area contributed by atoms with Gasteiger partial charge in [0.1, 0.15) is 5.01 Å². The second kappa shape index (κ2) is 5.60. The van der Waals surface area contributed by atoms with E-state index >= 15 is 0 Å². The zero-order valence-corrected chi connectivity index (χ0v) is 12.4. The topological polar surface area (TPSA) is 50.0 Å². The van der Waals surface area contributed by atoms with E-state index in [4.69, 9.17) is 0 Å². The van der Waals surface area contributed by atoms with E-state index in [-0.39, 0.29) is 0 Å². The van der Waals surface area contributed by atoms with Crippen molar-refractivity contribution in [2.24, 2.45) is 15.2 Å². The summed E-state index contributed by atoms with van der Waals surface area (Å²) in [4.78, 5) is 8.45. The normalized spacial score (nSPS) is 14.5. The fourth-order valence-electron chi connectivity index (χ4n) is 2.10. The molecule has 1 aliphatic heterocycles. The fraction of sp³-hybridized carbons (Fsp3) is 0.286. The molecular formula is C14H11F3N4S. The first-order valence-electron chi connectivity index (χ1n) is 6.46. The van der Waals surface area contributed by atoms with Crippen molar-refractivity contribution in [2.75, 3.05) is 6.67 Å². The molecule has 114 valence electrons. The maximum Gasteiger partial charge on any atom is 0.416 e. The molecule has 1 aromatic heterocycles. The van der Waals surface area contributed by atoms with E-state index in [2.05, 4.69) is 20.2 Å². The summed E-state index contributed by atoms with van der Waals surface area (Å²) >= 11 is 1.31. The van der Waals surface area contributed by atoms with Crippen molar-refractivity contribution in [2.45, 2.75) is 19.5 Å². The molecule has 22 heavy (non-hydrogen) atoms. The summed E-state index contributed by atoms with van der Waals surface area (Å²) in [5.74, 6) is 0.595. The third-order valence-corrected chi connectivity index (χ3v) is 3.99. The van der Waals surface area contributed by atoms with Crippen LogP contribution in [0.15, 0.2) is 38.8 Å². The predicted molar refractivity (Wildman–Crippen MR) is 78.2 cm³/mol. The van der Waals surface area contributed by atoms with Crippen LogP contribution in [0, 0.1) is 6.92 Å². The number of thiazole rings is 1. The van der Waals surface area contributed by atoms with Gasteiger partial charge in [0.15, 0.2) is 12.5 Å². The lowest BCUT2D eigenvalue weighted by atomic mass is 10.1. The number of hydrogen-bond donors (Lipinski definition) is 0. The zero-order valence-electron chi connectivity index (χ0n) is 11.6. The lowest BCUT2D eigenvalue weighted by molar-refractivity contribution is -0.137. The van der Waals surface area contributed by atoms with Crippen molar-refractivity contribution in [3.8, 4) is 10.6 Å². The van der Waals surface area contributed by atoms with Gasteiger partial charge in [-0.2, -0.15) is 18.3 Å². The molecular weight excluding hydrogens is 313 g/mol. The van der Waals surface area contributed by atoms with Crippen molar-refractivity contribution >= 4 is 17.2 Å². The second-order valence-corrected chi connectivity index (χ2v) is 5.72. The Morgan fingerprint density at radius 2 is 2.05 bits per heavy atom. The molecule has 0 bridgehead atoms. The first-order chi connectivity index (χ1) is 10.4. The number of halogens is 3. The first-order valence-corrected chi connectivity index (χ1v) is 7.34. The van der Waals surface area contributed by atoms with Crippen molar-refractivity contribution in [1.82, 2.24) is 4.98 Å². The number of rotatable bonds is 3. The van der Waals surface area contributed by atoms with Gasteiger partial charge in [-0.3, -0.25) is 0 Å². The van der Waals surface area contributed by atoms with Crippen LogP contribution >= 0.6 is 11.3 Å². The molecule has 2 heterocycles. The summed E-state index contributed by atoms with van der Waals surface area (Å²) in [6.07, 6.45) is -3.92. The van der Waals surface area contributed by atoms with Crippen molar-refractivity contribution in [1.29, 1.82) is 0 Å². The van der Waals surface area contributed by atoms with Gasteiger partial charge in [-0.15, -0.1) is 16.5 Å². The molecule has 0 saturated heterocycles. The number of hydrogen-bond acceptors (Lipinski definition) is 5. The van der Waals surface area contributed by atoms with Gasteiger partial charge >= 0.3 is 6.18 Å². The predicted octanol–water partition coefficient (Wildman–Crippen LogP) is 4.50. The van der Waals surface area contributed by atoms with Crippen LogP contribution in [0.4, 0.5) is 13.2 Å². The third kappa shape index (κ3) is 3.22. The van der Waals surface area contributed by atoms with Crippen molar-refractivity contribution in [3.05, 3.63) is 40.4 Å². The Kier molecular flexibility index (Phi) is 3.78. The highest BCUT2D eigenvalue weighted by molar-refractivity contribution is 7.13. The van der Waals surface area contributed by atoms with E-state index in [1.165, 1.54) is 11.3 Å². The van der Waals surface area contributed by atoms with E-state index in [1.807, 2.05) is 0 Å². The maximum atomic E-state index is 12.9. The Hall–Kier alpha value is -2.09. The average Bonchev–Trinajstić information content (AvgIpc) is 3.09. The van der Waals surface area contributed by atoms with E-state index in [1.54, 1.807) is 18.4 Å². The molecule has 0 spiro atoms. The summed E-state index contributed by atoms with van der Waals surface area (Å²) in [5, 5.41) is 9.97. The minimum Gasteiger partial charge on any atom is -0.243 e. The van der Waals surface area contributed by atoms with Gasteiger partial charge in [-0.25, -0.2) is 9.98 Å². The summed E-state index contributed by atoms with van der Waals surface area (Å²) in [5.41, 5.74) is 1.09. The Labute approximate surface area is 128 Å². The molecule has 1 aromatic carbocycles. The molecule has 0 radical (unpaired) electrons. The summed E-state index contributed by atoms with van der Waals surface area (Å²) in [6.45, 7) is 1.97. The summed E-state index contributed by atoms with van der Waals surface area (Å²) < 4.78 is 38.7. The Balaban J connectivity index is 1.89. The van der Waals surface area contributed by atoms with Crippen molar-refractivity contribution < 1.29 is 13.2 Å². The molecule has 0 unspecified atom stereocenters. The summed E-state index contributed by atoms with van der Waals surface area (Å²) in [6, 6.07) is 3.96. The highest BCUT2D eigenvalue weighted by atomic mass is 32.1. The minimum absolute atomic E-state index is 0.332. The minimum atomic E-state index is -4.36. The molecule has 0 saturated carbocycles. The highest BCUT2D eigenvalue weighted by Crippen LogP contribution is 2.34. The molecule has 0 atom stereocenters. The van der Waals surface area contributed by atoms with Crippen molar-refractivity contribution in [3.63, 3.8) is 0 Å². The first kappa shape index (κ1) is 14.8. The molecule has 2 aromatic rings. The van der Waals surface area contributed by atoms with Crippen LogP contribution < -0.4 is 0 Å². The smallest absolute Gasteiger partial charge is 0.243 e. The van der Waals surface area contributed by atoms with Crippen LogP contribution in [-0.4, -0.2) is 17.5 Å². The van der Waals surface area contributed by atoms with Crippen LogP contribution in [0.1, 0.15) is 16.8 Å². The maximum absolute atomic E-state index is 12.9. The standard InChI is InChI=1S/C14H11F3N4S/c1-8-2-9(4-10(3-8)14(15,16)17)13-20-11(6-22-13)5-12-18-7-19-21-12/h2-4,6H,5,7H2,1H3. The SMILES string of the molecule is Cc1cc(-c2nc(CC3=NCN=N3)cs2)cc(C(F)(F)F)c1. The molecule has 0 N–H and O–H groups in total. The van der Waals surface area contributed by atoms with Crippen LogP contribution in [0.25, 0.3) is 10.6 Å². The molecule has 0 fully saturated rings. The highest BCUT2D eigenvalue weighted by Gasteiger charge is 2.31. The largest absolute Gasteiger partial charge is 0.416 e. The van der Waals surface area contributed by atoms with Gasteiger partial charge < -0.3 is 0 Å². The number of alkyl halides is 3. The Bertz CT molecular complexity index is 762. The van der Waals surface area contributed by atoms with Gasteiger partial charge in [-0.05, 0) is 30.7 Å². The monoisotopic (exact) mass is 324 g/mol. The second-order valence-electron chi connectivity index (χ2n) is 4.86. The average molecular weight is 324 g/mol. The van der Waals surface area contributed by atoms with E-state index in [9.17, 15) is 13.2 Å². The van der Waals surface area contributed by atoms with Gasteiger partial charge in [0, 0.05) is 10.9 Å². The third-order valence-electron chi connectivity index (χ3n) is 3.05. The molecule has 3 rings (SSSR count). The van der Waals surface area contributed by atoms with Crippen LogP contribution in [-0.2, 0) is 12.6 Å². The Morgan fingerprint density at radius 3 is 2.73 bits per heavy atom. The van der Waals surface area contributed by atoms with E-state index in [0.717, 1.165) is 17.8 Å². The van der Waals surface area contributed by atoms with Gasteiger partial charge in [-0.1, -0.05) is 0 Å². The summed E-state index contributed by atoms with van der Waals surface area (Å²) in [7, 11) is 0. The lowest BCUT2D eigenvalue weighted by Gasteiger charge is -2.09. The molecule has 0 amide bonds. The zero-order chi connectivity index (χ0) is 15.7. The molecule has 0 aliphatic carbocycles. The quantitative estimate of drug-likeness (QED) is 0.820. The number of aliphatic imine (C=N–C) groups is 1. The Morgan fingerprint density at radius 1 is 1.23 bits per heavy atom. The lowest BCUT2D eigenvalue weighted by Crippen LogP contribution is -2.05. The van der Waals surface area contributed by atoms with Crippen LogP contribution in [0.5, 0.6) is 0 Å². The van der Waals surface area contributed by atoms with E-state index < -0.39 is 11.7 Å². The number of nitrogens with zero attached hydrogens (tertiary/aromatic N) is 4. The molecule has 1 aliphatic rings. The molecule has 8 heteroatoms. The number of amidine groups is 1. The van der Waals surface area contributed by atoms with Gasteiger partial charge in [0.05, 0.1) is 17.7 Å². The molecule has 4 nitrogen and oxygen atoms in total.